The third kappa shape index (κ3) is 1.94. The molecule has 2 rings (SSSR count). The molecular formula is C12H20N2. The zero-order chi connectivity index (χ0) is 10.2. The van der Waals surface area contributed by atoms with E-state index in [4.69, 9.17) is 6.42 Å². The van der Waals surface area contributed by atoms with E-state index in [0.717, 1.165) is 5.92 Å². The molecule has 0 radical (unpaired) electrons. The molecule has 2 aliphatic rings. The fourth-order valence-electron chi connectivity index (χ4n) is 2.65. The van der Waals surface area contributed by atoms with Crippen LogP contribution < -0.4 is 5.32 Å². The minimum atomic E-state index is -0.143. The Bertz CT molecular complexity index is 252. The number of terminal acetylenes is 1. The predicted molar refractivity (Wildman–Crippen MR) is 59.0 cm³/mol. The van der Waals surface area contributed by atoms with Crippen molar-refractivity contribution in [2.45, 2.75) is 38.3 Å². The van der Waals surface area contributed by atoms with Crippen molar-refractivity contribution in [3.05, 3.63) is 0 Å². The highest BCUT2D eigenvalue weighted by Gasteiger charge is 2.35. The minimum absolute atomic E-state index is 0.143. The molecule has 2 nitrogen and oxygen atoms in total. The summed E-state index contributed by atoms with van der Waals surface area (Å²) in [4.78, 5) is 2.56. The number of fused-ring (bicyclic) bond motifs is 2. The molecule has 2 aliphatic heterocycles. The average molecular weight is 192 g/mol. The molecule has 2 saturated heterocycles. The summed E-state index contributed by atoms with van der Waals surface area (Å²) in [5.74, 6) is 3.65. The summed E-state index contributed by atoms with van der Waals surface area (Å²) in [5.41, 5.74) is -0.143. The molecule has 1 N–H and O–H groups in total. The Kier molecular flexibility index (Phi) is 2.55. The fraction of sp³-hybridized carbons (Fsp3) is 0.833. The van der Waals surface area contributed by atoms with Gasteiger partial charge in [0.05, 0.1) is 5.54 Å². The number of piperidine rings is 1. The SMILES string of the molecule is C#CC(C)(C)NC1CCN2CCC1C2. The van der Waals surface area contributed by atoms with Crippen LogP contribution in [0, 0.1) is 18.3 Å². The largest absolute Gasteiger partial charge is 0.303 e. The maximum Gasteiger partial charge on any atom is 0.0743 e. The first kappa shape index (κ1) is 10.0. The van der Waals surface area contributed by atoms with Crippen molar-refractivity contribution >= 4 is 0 Å². The van der Waals surface area contributed by atoms with E-state index in [-0.39, 0.29) is 5.54 Å². The lowest BCUT2D eigenvalue weighted by molar-refractivity contribution is 0.204. The van der Waals surface area contributed by atoms with E-state index in [0.29, 0.717) is 6.04 Å². The highest BCUT2D eigenvalue weighted by Crippen LogP contribution is 2.28. The van der Waals surface area contributed by atoms with Crippen molar-refractivity contribution in [1.29, 1.82) is 0 Å². The number of rotatable bonds is 2. The zero-order valence-corrected chi connectivity index (χ0v) is 9.21. The first-order valence-electron chi connectivity index (χ1n) is 5.58. The van der Waals surface area contributed by atoms with Gasteiger partial charge in [0, 0.05) is 12.6 Å². The van der Waals surface area contributed by atoms with Gasteiger partial charge in [-0.25, -0.2) is 0 Å². The first-order valence-corrected chi connectivity index (χ1v) is 5.58. The van der Waals surface area contributed by atoms with Crippen LogP contribution in [0.1, 0.15) is 26.7 Å². The van der Waals surface area contributed by atoms with E-state index < -0.39 is 0 Å². The van der Waals surface area contributed by atoms with Crippen LogP contribution in [0.4, 0.5) is 0 Å². The smallest absolute Gasteiger partial charge is 0.0743 e. The van der Waals surface area contributed by atoms with Gasteiger partial charge in [-0.1, -0.05) is 5.92 Å². The highest BCUT2D eigenvalue weighted by atomic mass is 15.2. The third-order valence-electron chi connectivity index (χ3n) is 3.54. The maximum atomic E-state index is 5.50. The van der Waals surface area contributed by atoms with Gasteiger partial charge in [0.1, 0.15) is 0 Å². The molecule has 2 heterocycles. The zero-order valence-electron chi connectivity index (χ0n) is 9.21. The lowest BCUT2D eigenvalue weighted by atomic mass is 9.91. The third-order valence-corrected chi connectivity index (χ3v) is 3.54. The summed E-state index contributed by atoms with van der Waals surface area (Å²) < 4.78 is 0. The Morgan fingerprint density at radius 3 is 2.79 bits per heavy atom. The lowest BCUT2D eigenvalue weighted by Gasteiger charge is -2.35. The summed E-state index contributed by atoms with van der Waals surface area (Å²) in [6.45, 7) is 8.00. The van der Waals surface area contributed by atoms with E-state index in [1.54, 1.807) is 0 Å². The van der Waals surface area contributed by atoms with E-state index in [9.17, 15) is 0 Å². The van der Waals surface area contributed by atoms with E-state index in [2.05, 4.69) is 30.0 Å². The molecule has 14 heavy (non-hydrogen) atoms. The normalized spacial score (nSPS) is 36.8. The molecule has 2 fully saturated rings. The average Bonchev–Trinajstić information content (AvgIpc) is 2.54. The highest BCUT2D eigenvalue weighted by molar-refractivity contribution is 5.09. The summed E-state index contributed by atoms with van der Waals surface area (Å²) in [5, 5.41) is 3.61. The molecule has 78 valence electrons. The van der Waals surface area contributed by atoms with Crippen LogP contribution in [-0.2, 0) is 0 Å². The van der Waals surface area contributed by atoms with E-state index >= 15 is 0 Å². The number of hydrogen-bond donors (Lipinski definition) is 1. The van der Waals surface area contributed by atoms with Crippen LogP contribution in [-0.4, -0.2) is 36.1 Å². The molecule has 0 aromatic rings. The van der Waals surface area contributed by atoms with Gasteiger partial charge in [0.2, 0.25) is 0 Å². The van der Waals surface area contributed by atoms with Crippen molar-refractivity contribution in [2.75, 3.05) is 19.6 Å². The van der Waals surface area contributed by atoms with Crippen LogP contribution in [0.5, 0.6) is 0 Å². The molecule has 2 bridgehead atoms. The summed E-state index contributed by atoms with van der Waals surface area (Å²) >= 11 is 0. The Balaban J connectivity index is 1.96. The molecule has 0 spiro atoms. The second-order valence-corrected chi connectivity index (χ2v) is 5.16. The Hall–Kier alpha value is -0.520. The standard InChI is InChI=1S/C12H20N2/c1-4-12(2,3)13-11-6-8-14-7-5-10(11)9-14/h1,10-11,13H,5-9H2,2-3H3. The number of nitrogens with zero attached hydrogens (tertiary/aromatic N) is 1. The molecule has 0 aromatic carbocycles. The molecule has 0 aromatic heterocycles. The van der Waals surface area contributed by atoms with Gasteiger partial charge in [-0.3, -0.25) is 5.32 Å². The van der Waals surface area contributed by atoms with Crippen molar-refractivity contribution in [3.8, 4) is 12.3 Å². The maximum absolute atomic E-state index is 5.50. The molecule has 3 unspecified atom stereocenters. The second-order valence-electron chi connectivity index (χ2n) is 5.16. The molecular weight excluding hydrogens is 172 g/mol. The number of hydrogen-bond acceptors (Lipinski definition) is 2. The van der Waals surface area contributed by atoms with Crippen molar-refractivity contribution in [1.82, 2.24) is 10.2 Å². The summed E-state index contributed by atoms with van der Waals surface area (Å²) in [6.07, 6.45) is 8.10. The van der Waals surface area contributed by atoms with Crippen LogP contribution in [0.25, 0.3) is 0 Å². The summed E-state index contributed by atoms with van der Waals surface area (Å²) in [6, 6.07) is 0.639. The van der Waals surface area contributed by atoms with Crippen LogP contribution in [0.15, 0.2) is 0 Å². The van der Waals surface area contributed by atoms with Gasteiger partial charge in [0.25, 0.3) is 0 Å². The Labute approximate surface area is 87.1 Å². The second kappa shape index (κ2) is 3.56. The van der Waals surface area contributed by atoms with Crippen molar-refractivity contribution in [3.63, 3.8) is 0 Å². The summed E-state index contributed by atoms with van der Waals surface area (Å²) in [7, 11) is 0. The van der Waals surface area contributed by atoms with Crippen LogP contribution in [0.3, 0.4) is 0 Å². The molecule has 0 amide bonds. The van der Waals surface area contributed by atoms with Crippen molar-refractivity contribution < 1.29 is 0 Å². The Morgan fingerprint density at radius 1 is 1.36 bits per heavy atom. The quantitative estimate of drug-likeness (QED) is 0.659. The molecule has 3 atom stereocenters. The van der Waals surface area contributed by atoms with E-state index in [1.165, 1.54) is 32.5 Å². The topological polar surface area (TPSA) is 15.3 Å². The van der Waals surface area contributed by atoms with Crippen LogP contribution >= 0.6 is 0 Å². The van der Waals surface area contributed by atoms with E-state index in [1.807, 2.05) is 0 Å². The fourth-order valence-corrected chi connectivity index (χ4v) is 2.65. The van der Waals surface area contributed by atoms with Crippen molar-refractivity contribution in [2.24, 2.45) is 5.92 Å². The Morgan fingerprint density at radius 2 is 2.07 bits per heavy atom. The van der Waals surface area contributed by atoms with Gasteiger partial charge in [-0.05, 0) is 45.7 Å². The van der Waals surface area contributed by atoms with Gasteiger partial charge in [-0.15, -0.1) is 6.42 Å². The van der Waals surface area contributed by atoms with Crippen LogP contribution in [0.2, 0.25) is 0 Å². The monoisotopic (exact) mass is 192 g/mol. The van der Waals surface area contributed by atoms with Gasteiger partial charge >= 0.3 is 0 Å². The van der Waals surface area contributed by atoms with Gasteiger partial charge in [-0.2, -0.15) is 0 Å². The number of nitrogens with one attached hydrogen (secondary N) is 1. The van der Waals surface area contributed by atoms with Gasteiger partial charge < -0.3 is 4.90 Å². The predicted octanol–water partition coefficient (Wildman–Crippen LogP) is 1.08. The minimum Gasteiger partial charge on any atom is -0.303 e. The molecule has 0 saturated carbocycles. The molecule has 0 aliphatic carbocycles. The first-order chi connectivity index (χ1) is 6.61. The van der Waals surface area contributed by atoms with Gasteiger partial charge in [0.15, 0.2) is 0 Å². The molecule has 2 heteroatoms. The lowest BCUT2D eigenvalue weighted by Crippen LogP contribution is -2.51.